The summed E-state index contributed by atoms with van der Waals surface area (Å²) in [6.07, 6.45) is 3.53. The van der Waals surface area contributed by atoms with Gasteiger partial charge in [0.15, 0.2) is 17.5 Å². The van der Waals surface area contributed by atoms with Gasteiger partial charge in [0, 0.05) is 5.69 Å². The molecule has 0 aliphatic heterocycles. The number of nitrogens with zero attached hydrogens (tertiary/aromatic N) is 1. The molecule has 0 aromatic heterocycles. The van der Waals surface area contributed by atoms with Crippen molar-refractivity contribution in [2.24, 2.45) is 10.7 Å². The van der Waals surface area contributed by atoms with Crippen LogP contribution in [0.25, 0.3) is 0 Å². The standard InChI is InChI=1S/C21H27N3O3/c1-4-27-20-18(25-2)10-14(11-19(20)26-3)13-23-21(22)24-17-9-8-15-6-5-7-16(15)12-17/h8-12H,4-7,13H2,1-3H3,(H3,22,23,24). The summed E-state index contributed by atoms with van der Waals surface area (Å²) in [6, 6.07) is 10.2. The van der Waals surface area contributed by atoms with Crippen molar-refractivity contribution in [3.05, 3.63) is 47.0 Å². The fourth-order valence-electron chi connectivity index (χ4n) is 3.33. The van der Waals surface area contributed by atoms with Gasteiger partial charge in [-0.05, 0) is 67.1 Å². The maximum absolute atomic E-state index is 6.07. The van der Waals surface area contributed by atoms with Crippen LogP contribution in [0.15, 0.2) is 35.3 Å². The van der Waals surface area contributed by atoms with E-state index in [0.29, 0.717) is 36.4 Å². The van der Waals surface area contributed by atoms with Gasteiger partial charge in [0.1, 0.15) is 0 Å². The first-order valence-corrected chi connectivity index (χ1v) is 9.21. The summed E-state index contributed by atoms with van der Waals surface area (Å²) in [4.78, 5) is 4.44. The van der Waals surface area contributed by atoms with E-state index in [9.17, 15) is 0 Å². The molecule has 0 unspecified atom stereocenters. The highest BCUT2D eigenvalue weighted by Crippen LogP contribution is 2.38. The highest BCUT2D eigenvalue weighted by molar-refractivity contribution is 5.92. The lowest BCUT2D eigenvalue weighted by atomic mass is 10.1. The molecule has 0 amide bonds. The van der Waals surface area contributed by atoms with Gasteiger partial charge in [-0.15, -0.1) is 0 Å². The molecule has 3 rings (SSSR count). The maximum atomic E-state index is 6.07. The molecule has 0 spiro atoms. The van der Waals surface area contributed by atoms with E-state index in [2.05, 4.69) is 28.5 Å². The molecule has 144 valence electrons. The molecule has 6 heteroatoms. The van der Waals surface area contributed by atoms with E-state index in [1.165, 1.54) is 24.0 Å². The predicted molar refractivity (Wildman–Crippen MR) is 108 cm³/mol. The Morgan fingerprint density at radius 2 is 1.78 bits per heavy atom. The average molecular weight is 369 g/mol. The van der Waals surface area contributed by atoms with Gasteiger partial charge in [-0.1, -0.05) is 6.07 Å². The molecule has 6 nitrogen and oxygen atoms in total. The Labute approximate surface area is 160 Å². The number of guanidine groups is 1. The van der Waals surface area contributed by atoms with Crippen molar-refractivity contribution in [3.63, 3.8) is 0 Å². The molecule has 27 heavy (non-hydrogen) atoms. The van der Waals surface area contributed by atoms with Crippen LogP contribution in [0.3, 0.4) is 0 Å². The van der Waals surface area contributed by atoms with E-state index in [4.69, 9.17) is 19.9 Å². The number of methoxy groups -OCH3 is 2. The van der Waals surface area contributed by atoms with E-state index >= 15 is 0 Å². The molecule has 0 atom stereocenters. The summed E-state index contributed by atoms with van der Waals surface area (Å²) in [7, 11) is 3.21. The summed E-state index contributed by atoms with van der Waals surface area (Å²) in [5.41, 5.74) is 10.8. The first-order valence-electron chi connectivity index (χ1n) is 9.21. The second-order valence-electron chi connectivity index (χ2n) is 6.43. The number of benzene rings is 2. The normalized spacial score (nSPS) is 13.2. The molecule has 0 radical (unpaired) electrons. The van der Waals surface area contributed by atoms with Crippen LogP contribution in [0.1, 0.15) is 30.0 Å². The number of fused-ring (bicyclic) bond motifs is 1. The quantitative estimate of drug-likeness (QED) is 0.577. The third-order valence-electron chi connectivity index (χ3n) is 4.61. The van der Waals surface area contributed by atoms with Crippen molar-refractivity contribution in [2.45, 2.75) is 32.7 Å². The summed E-state index contributed by atoms with van der Waals surface area (Å²) in [6.45, 7) is 2.85. The second kappa shape index (κ2) is 8.66. The molecule has 0 fully saturated rings. The van der Waals surface area contributed by atoms with Crippen LogP contribution in [0.2, 0.25) is 0 Å². The van der Waals surface area contributed by atoms with Crippen molar-refractivity contribution in [1.82, 2.24) is 0 Å². The van der Waals surface area contributed by atoms with Crippen molar-refractivity contribution in [1.29, 1.82) is 0 Å². The number of hydrogen-bond acceptors (Lipinski definition) is 4. The van der Waals surface area contributed by atoms with Crippen molar-refractivity contribution in [3.8, 4) is 17.2 Å². The zero-order chi connectivity index (χ0) is 19.2. The van der Waals surface area contributed by atoms with Gasteiger partial charge in [-0.25, -0.2) is 4.99 Å². The molecule has 0 saturated carbocycles. The van der Waals surface area contributed by atoms with Crippen molar-refractivity contribution in [2.75, 3.05) is 26.1 Å². The fraction of sp³-hybridized carbons (Fsp3) is 0.381. The molecule has 3 N–H and O–H groups in total. The molecule has 0 saturated heterocycles. The topological polar surface area (TPSA) is 78.1 Å². The zero-order valence-electron chi connectivity index (χ0n) is 16.2. The van der Waals surface area contributed by atoms with Gasteiger partial charge in [-0.2, -0.15) is 0 Å². The minimum atomic E-state index is 0.375. The molecule has 2 aromatic carbocycles. The van der Waals surface area contributed by atoms with Crippen LogP contribution in [0, 0.1) is 0 Å². The smallest absolute Gasteiger partial charge is 0.203 e. The van der Waals surface area contributed by atoms with Gasteiger partial charge in [0.2, 0.25) is 5.75 Å². The predicted octanol–water partition coefficient (Wildman–Crippen LogP) is 3.52. The molecule has 1 aliphatic carbocycles. The summed E-state index contributed by atoms with van der Waals surface area (Å²) < 4.78 is 16.5. The molecule has 0 heterocycles. The number of anilines is 1. The van der Waals surface area contributed by atoms with E-state index in [1.54, 1.807) is 14.2 Å². The average Bonchev–Trinajstić information content (AvgIpc) is 3.14. The van der Waals surface area contributed by atoms with Gasteiger partial charge in [0.05, 0.1) is 27.4 Å². The lowest BCUT2D eigenvalue weighted by Gasteiger charge is -2.15. The fourth-order valence-corrected chi connectivity index (χ4v) is 3.33. The summed E-state index contributed by atoms with van der Waals surface area (Å²) in [5.74, 6) is 2.21. The molecule has 0 bridgehead atoms. The Morgan fingerprint density at radius 1 is 1.07 bits per heavy atom. The number of nitrogens with two attached hydrogens (primary N) is 1. The van der Waals surface area contributed by atoms with Crippen LogP contribution < -0.4 is 25.3 Å². The Bertz CT molecular complexity index is 808. The van der Waals surface area contributed by atoms with Gasteiger partial charge in [-0.3, -0.25) is 0 Å². The zero-order valence-corrected chi connectivity index (χ0v) is 16.2. The van der Waals surface area contributed by atoms with Crippen LogP contribution in [0.4, 0.5) is 5.69 Å². The second-order valence-corrected chi connectivity index (χ2v) is 6.43. The molecular formula is C21H27N3O3. The molecule has 1 aliphatic rings. The number of hydrogen-bond donors (Lipinski definition) is 2. The minimum absolute atomic E-state index is 0.375. The first kappa shape index (κ1) is 18.9. The van der Waals surface area contributed by atoms with Crippen LogP contribution >= 0.6 is 0 Å². The SMILES string of the molecule is CCOc1c(OC)cc(CN=C(N)Nc2ccc3c(c2)CCC3)cc1OC. The van der Waals surface area contributed by atoms with Crippen molar-refractivity contribution < 1.29 is 14.2 Å². The third kappa shape index (κ3) is 4.45. The van der Waals surface area contributed by atoms with Gasteiger partial charge >= 0.3 is 0 Å². The van der Waals surface area contributed by atoms with Gasteiger partial charge < -0.3 is 25.3 Å². The Morgan fingerprint density at radius 3 is 2.44 bits per heavy atom. The number of rotatable bonds is 7. The largest absolute Gasteiger partial charge is 0.493 e. The number of ether oxygens (including phenoxy) is 3. The first-order chi connectivity index (χ1) is 13.1. The summed E-state index contributed by atoms with van der Waals surface area (Å²) in [5, 5.41) is 3.17. The van der Waals surface area contributed by atoms with Crippen LogP contribution in [0.5, 0.6) is 17.2 Å². The van der Waals surface area contributed by atoms with Crippen LogP contribution in [-0.4, -0.2) is 26.8 Å². The van der Waals surface area contributed by atoms with E-state index in [1.807, 2.05) is 19.1 Å². The number of aliphatic imine (C=N–C) groups is 1. The minimum Gasteiger partial charge on any atom is -0.493 e. The molecular weight excluding hydrogens is 342 g/mol. The summed E-state index contributed by atoms with van der Waals surface area (Å²) >= 11 is 0. The van der Waals surface area contributed by atoms with E-state index in [0.717, 1.165) is 17.7 Å². The van der Waals surface area contributed by atoms with Crippen molar-refractivity contribution >= 4 is 11.6 Å². The third-order valence-corrected chi connectivity index (χ3v) is 4.61. The number of nitrogens with one attached hydrogen (secondary N) is 1. The lowest BCUT2D eigenvalue weighted by molar-refractivity contribution is 0.288. The highest BCUT2D eigenvalue weighted by atomic mass is 16.5. The van der Waals surface area contributed by atoms with Gasteiger partial charge in [0.25, 0.3) is 0 Å². The van der Waals surface area contributed by atoms with E-state index < -0.39 is 0 Å². The van der Waals surface area contributed by atoms with Crippen LogP contribution in [-0.2, 0) is 19.4 Å². The van der Waals surface area contributed by atoms with E-state index in [-0.39, 0.29) is 0 Å². The maximum Gasteiger partial charge on any atom is 0.203 e. The lowest BCUT2D eigenvalue weighted by Crippen LogP contribution is -2.22. The Balaban J connectivity index is 1.72. The highest BCUT2D eigenvalue weighted by Gasteiger charge is 2.14. The molecule has 2 aromatic rings. The Hall–Kier alpha value is -2.89. The number of aryl methyl sites for hydroxylation is 2. The Kier molecular flexibility index (Phi) is 6.06. The monoisotopic (exact) mass is 369 g/mol.